The van der Waals surface area contributed by atoms with E-state index in [0.717, 1.165) is 49.0 Å². The lowest BCUT2D eigenvalue weighted by molar-refractivity contribution is 0.0958. The van der Waals surface area contributed by atoms with Crippen LogP contribution in [0.15, 0.2) is 18.3 Å². The molecule has 2 aromatic rings. The van der Waals surface area contributed by atoms with Crippen LogP contribution in [0.25, 0.3) is 0 Å². The number of carbonyl (C=O) groups is 2. The number of carbonyl (C=O) groups excluding carboxylic acids is 2. The average molecular weight is 404 g/mol. The van der Waals surface area contributed by atoms with Crippen LogP contribution < -0.4 is 20.9 Å². The third kappa shape index (κ3) is 4.76. The molecule has 1 aliphatic rings. The highest BCUT2D eigenvalue weighted by molar-refractivity contribution is 7.15. The lowest BCUT2D eigenvalue weighted by Gasteiger charge is -2.36. The van der Waals surface area contributed by atoms with Crippen molar-refractivity contribution in [1.29, 1.82) is 0 Å². The molecule has 28 heavy (non-hydrogen) atoms. The molecule has 3 rings (SSSR count). The number of hydrogen-bond donors (Lipinski definition) is 3. The van der Waals surface area contributed by atoms with Gasteiger partial charge in [-0.1, -0.05) is 0 Å². The van der Waals surface area contributed by atoms with Gasteiger partial charge in [0.2, 0.25) is 0 Å². The molecule has 0 saturated carbocycles. The minimum atomic E-state index is -0.263. The van der Waals surface area contributed by atoms with Crippen LogP contribution in [-0.4, -0.2) is 67.1 Å². The minimum Gasteiger partial charge on any atom is -0.368 e. The van der Waals surface area contributed by atoms with E-state index in [0.29, 0.717) is 10.8 Å². The first kappa shape index (κ1) is 20.0. The highest BCUT2D eigenvalue weighted by atomic mass is 32.1. The van der Waals surface area contributed by atoms with Crippen molar-refractivity contribution in [3.05, 3.63) is 34.6 Å². The van der Waals surface area contributed by atoms with Gasteiger partial charge in [0.25, 0.3) is 5.91 Å². The number of hydrogen-bond acceptors (Lipinski definition) is 7. The van der Waals surface area contributed by atoms with E-state index in [1.807, 2.05) is 19.2 Å². The Hall–Kier alpha value is -2.72. The van der Waals surface area contributed by atoms with Crippen molar-refractivity contribution in [1.82, 2.24) is 25.5 Å². The van der Waals surface area contributed by atoms with Crippen LogP contribution in [0.1, 0.15) is 21.1 Å². The molecule has 0 unspecified atom stereocenters. The second-order valence-electron chi connectivity index (χ2n) is 6.48. The molecule has 2 aromatic heterocycles. The van der Waals surface area contributed by atoms with E-state index in [1.54, 1.807) is 20.2 Å². The van der Waals surface area contributed by atoms with E-state index in [-0.39, 0.29) is 11.9 Å². The maximum Gasteiger partial charge on any atom is 0.320 e. The molecular weight excluding hydrogens is 378 g/mol. The molecule has 3 heterocycles. The first-order valence-corrected chi connectivity index (χ1v) is 9.92. The topological polar surface area (TPSA) is 102 Å². The van der Waals surface area contributed by atoms with Gasteiger partial charge in [-0.05, 0) is 19.1 Å². The zero-order valence-corrected chi connectivity index (χ0v) is 17.1. The smallest absolute Gasteiger partial charge is 0.320 e. The Morgan fingerprint density at radius 3 is 2.54 bits per heavy atom. The first-order chi connectivity index (χ1) is 13.5. The summed E-state index contributed by atoms with van der Waals surface area (Å²) in [5.74, 6) is -0.172. The van der Waals surface area contributed by atoms with E-state index in [9.17, 15) is 9.59 Å². The van der Waals surface area contributed by atoms with Crippen molar-refractivity contribution >= 4 is 34.1 Å². The summed E-state index contributed by atoms with van der Waals surface area (Å²) in [6.45, 7) is 6.38. The third-order valence-electron chi connectivity index (χ3n) is 4.61. The van der Waals surface area contributed by atoms with Crippen LogP contribution in [0, 0.1) is 6.92 Å². The Kier molecular flexibility index (Phi) is 6.42. The number of urea groups is 1. The van der Waals surface area contributed by atoms with Crippen LogP contribution in [0.4, 0.5) is 15.6 Å². The predicted octanol–water partition coefficient (Wildman–Crippen LogP) is 1.28. The number of thiazole rings is 1. The molecule has 3 N–H and O–H groups in total. The Morgan fingerprint density at radius 2 is 1.89 bits per heavy atom. The fraction of sp³-hybridized carbons (Fsp3) is 0.444. The molecule has 3 amide bonds. The summed E-state index contributed by atoms with van der Waals surface area (Å²) in [6.07, 6.45) is 1.81. The van der Waals surface area contributed by atoms with Crippen molar-refractivity contribution in [2.45, 2.75) is 13.5 Å². The quantitative estimate of drug-likeness (QED) is 0.695. The Morgan fingerprint density at radius 1 is 1.14 bits per heavy atom. The zero-order chi connectivity index (χ0) is 20.1. The molecule has 150 valence electrons. The maximum absolute atomic E-state index is 11.7. The molecule has 0 spiro atoms. The van der Waals surface area contributed by atoms with Crippen LogP contribution in [0.5, 0.6) is 0 Å². The van der Waals surface area contributed by atoms with Crippen molar-refractivity contribution in [2.24, 2.45) is 0 Å². The summed E-state index contributed by atoms with van der Waals surface area (Å²) in [6, 6.07) is 3.48. The van der Waals surface area contributed by atoms with E-state index in [2.05, 4.69) is 35.7 Å². The Balaban J connectivity index is 1.55. The maximum atomic E-state index is 11.7. The summed E-state index contributed by atoms with van der Waals surface area (Å²) in [5.41, 5.74) is 2.37. The fourth-order valence-electron chi connectivity index (χ4n) is 3.11. The number of rotatable bonds is 5. The lowest BCUT2D eigenvalue weighted by Crippen LogP contribution is -2.46. The normalized spacial score (nSPS) is 14.6. The minimum absolute atomic E-state index is 0.172. The van der Waals surface area contributed by atoms with Gasteiger partial charge in [0.15, 0.2) is 5.13 Å². The predicted molar refractivity (Wildman–Crippen MR) is 110 cm³/mol. The highest BCUT2D eigenvalue weighted by Crippen LogP contribution is 2.23. The molecule has 0 atom stereocenters. The Labute approximate surface area is 168 Å². The van der Waals surface area contributed by atoms with E-state index < -0.39 is 0 Å². The van der Waals surface area contributed by atoms with E-state index in [1.165, 1.54) is 11.3 Å². The summed E-state index contributed by atoms with van der Waals surface area (Å²) in [7, 11) is 3.18. The molecule has 0 bridgehead atoms. The summed E-state index contributed by atoms with van der Waals surface area (Å²) >= 11 is 1.49. The van der Waals surface area contributed by atoms with Gasteiger partial charge in [-0.25, -0.2) is 14.8 Å². The summed E-state index contributed by atoms with van der Waals surface area (Å²) < 4.78 is 0. The molecule has 0 aromatic carbocycles. The van der Waals surface area contributed by atoms with Gasteiger partial charge in [0.1, 0.15) is 5.69 Å². The molecular formula is C18H25N7O2S. The molecule has 0 aliphatic carbocycles. The van der Waals surface area contributed by atoms with Gasteiger partial charge in [-0.2, -0.15) is 0 Å². The number of nitrogens with zero attached hydrogens (tertiary/aromatic N) is 4. The van der Waals surface area contributed by atoms with Gasteiger partial charge in [-0.3, -0.25) is 15.0 Å². The zero-order valence-electron chi connectivity index (χ0n) is 16.3. The van der Waals surface area contributed by atoms with Crippen molar-refractivity contribution in [3.8, 4) is 0 Å². The largest absolute Gasteiger partial charge is 0.368 e. The van der Waals surface area contributed by atoms with E-state index >= 15 is 0 Å². The van der Waals surface area contributed by atoms with Gasteiger partial charge >= 0.3 is 6.03 Å². The number of aryl methyl sites for hydroxylation is 1. The van der Waals surface area contributed by atoms with Crippen LogP contribution in [0.2, 0.25) is 0 Å². The van der Waals surface area contributed by atoms with Crippen molar-refractivity contribution in [3.63, 3.8) is 0 Å². The van der Waals surface area contributed by atoms with Gasteiger partial charge < -0.3 is 15.5 Å². The molecule has 1 aliphatic heterocycles. The molecule has 1 fully saturated rings. The number of amides is 3. The highest BCUT2D eigenvalue weighted by Gasteiger charge is 2.20. The summed E-state index contributed by atoms with van der Waals surface area (Å²) in [4.78, 5) is 37.5. The summed E-state index contributed by atoms with van der Waals surface area (Å²) in [5, 5.41) is 8.41. The lowest BCUT2D eigenvalue weighted by atomic mass is 10.2. The fourth-order valence-corrected chi connectivity index (χ4v) is 3.96. The third-order valence-corrected chi connectivity index (χ3v) is 5.51. The molecule has 0 radical (unpaired) electrons. The number of piperazine rings is 1. The van der Waals surface area contributed by atoms with Crippen LogP contribution in [0.3, 0.4) is 0 Å². The number of aromatic nitrogens is 2. The molecule has 9 nitrogen and oxygen atoms in total. The second-order valence-corrected chi connectivity index (χ2v) is 7.59. The van der Waals surface area contributed by atoms with E-state index in [4.69, 9.17) is 0 Å². The number of anilines is 2. The SMILES string of the molecule is CNC(=O)Nc1ncc(CN2CCN(c3ccc(C(=O)NC)nc3C)CC2)s1. The standard InChI is InChI=1S/C18H25N7O2S/c1-12-15(5-4-14(22-12)16(26)19-2)25-8-6-24(7-9-25)11-13-10-21-18(28-13)23-17(27)20-3/h4-5,10H,6-9,11H2,1-3H3,(H,19,26)(H2,20,21,23,27). The van der Waals surface area contributed by atoms with Crippen molar-refractivity contribution < 1.29 is 9.59 Å². The van der Waals surface area contributed by atoms with Crippen LogP contribution >= 0.6 is 11.3 Å². The molecule has 10 heteroatoms. The second kappa shape index (κ2) is 8.98. The van der Waals surface area contributed by atoms with Gasteiger partial charge in [-0.15, -0.1) is 11.3 Å². The van der Waals surface area contributed by atoms with Gasteiger partial charge in [0, 0.05) is 57.9 Å². The number of nitrogens with one attached hydrogen (secondary N) is 3. The monoisotopic (exact) mass is 403 g/mol. The van der Waals surface area contributed by atoms with Crippen LogP contribution in [-0.2, 0) is 6.54 Å². The first-order valence-electron chi connectivity index (χ1n) is 9.10. The number of pyridine rings is 1. The molecule has 1 saturated heterocycles. The Bertz CT molecular complexity index is 846. The average Bonchev–Trinajstić information content (AvgIpc) is 3.14. The van der Waals surface area contributed by atoms with Gasteiger partial charge in [0.05, 0.1) is 11.4 Å². The van der Waals surface area contributed by atoms with Crippen molar-refractivity contribution in [2.75, 3.05) is 50.5 Å².